The second-order valence-electron chi connectivity index (χ2n) is 7.16. The van der Waals surface area contributed by atoms with Gasteiger partial charge in [0.15, 0.2) is 6.61 Å². The zero-order valence-electron chi connectivity index (χ0n) is 16.2. The van der Waals surface area contributed by atoms with Crippen molar-refractivity contribution >= 4 is 23.4 Å². The Balaban J connectivity index is 1.44. The second kappa shape index (κ2) is 9.11. The zero-order valence-corrected chi connectivity index (χ0v) is 17.0. The van der Waals surface area contributed by atoms with E-state index in [1.54, 1.807) is 0 Å². The predicted molar refractivity (Wildman–Crippen MR) is 110 cm³/mol. The van der Waals surface area contributed by atoms with Crippen LogP contribution in [-0.2, 0) is 4.79 Å². The van der Waals surface area contributed by atoms with E-state index in [1.165, 1.54) is 0 Å². The number of ether oxygens (including phenoxy) is 1. The molecule has 1 aliphatic rings. The number of nitrogens with zero attached hydrogens (tertiary/aromatic N) is 1. The molecule has 3 rings (SSSR count). The molecule has 0 atom stereocenters. The molecule has 0 aliphatic carbocycles. The second-order valence-corrected chi connectivity index (χ2v) is 7.54. The lowest BCUT2D eigenvalue weighted by Gasteiger charge is -2.32. The number of carbonyl (C=O) groups is 2. The molecule has 148 valence electrons. The molecule has 1 heterocycles. The van der Waals surface area contributed by atoms with Crippen molar-refractivity contribution in [1.29, 1.82) is 0 Å². The maximum absolute atomic E-state index is 12.5. The molecule has 2 aromatic carbocycles. The van der Waals surface area contributed by atoms with Crippen LogP contribution in [0.5, 0.6) is 5.75 Å². The number of hydrogen-bond donors (Lipinski definition) is 1. The summed E-state index contributed by atoms with van der Waals surface area (Å²) in [6, 6.07) is 13.0. The lowest BCUT2D eigenvalue weighted by atomic mass is 10.0. The smallest absolute Gasteiger partial charge is 0.258 e. The molecule has 0 aromatic heterocycles. The van der Waals surface area contributed by atoms with Gasteiger partial charge in [-0.15, -0.1) is 0 Å². The van der Waals surface area contributed by atoms with Crippen LogP contribution in [0.25, 0.3) is 0 Å². The molecule has 0 saturated carbocycles. The molecule has 0 bridgehead atoms. The summed E-state index contributed by atoms with van der Waals surface area (Å²) in [4.78, 5) is 26.5. The fraction of sp³-hybridized carbons (Fsp3) is 0.364. The van der Waals surface area contributed by atoms with E-state index in [0.29, 0.717) is 29.4 Å². The lowest BCUT2D eigenvalue weighted by Crippen LogP contribution is -2.47. The normalized spacial score (nSPS) is 14.6. The van der Waals surface area contributed by atoms with Gasteiger partial charge in [0.05, 0.1) is 0 Å². The fourth-order valence-electron chi connectivity index (χ4n) is 3.40. The van der Waals surface area contributed by atoms with Crippen LogP contribution >= 0.6 is 11.6 Å². The van der Waals surface area contributed by atoms with Gasteiger partial charge in [-0.25, -0.2) is 0 Å². The third kappa shape index (κ3) is 5.04. The molecule has 2 aromatic rings. The minimum Gasteiger partial charge on any atom is -0.484 e. The summed E-state index contributed by atoms with van der Waals surface area (Å²) >= 11 is 6.15. The molecular formula is C22H25ClN2O3. The van der Waals surface area contributed by atoms with Crippen LogP contribution in [0, 0.1) is 13.8 Å². The minimum absolute atomic E-state index is 0.0380. The van der Waals surface area contributed by atoms with E-state index in [1.807, 2.05) is 61.2 Å². The van der Waals surface area contributed by atoms with E-state index in [-0.39, 0.29) is 24.5 Å². The Labute approximate surface area is 170 Å². The number of piperidine rings is 1. The molecular weight excluding hydrogens is 376 g/mol. The third-order valence-electron chi connectivity index (χ3n) is 4.95. The molecule has 5 nitrogen and oxygen atoms in total. The molecule has 1 aliphatic heterocycles. The Morgan fingerprint density at radius 3 is 2.32 bits per heavy atom. The van der Waals surface area contributed by atoms with E-state index < -0.39 is 0 Å². The van der Waals surface area contributed by atoms with Gasteiger partial charge >= 0.3 is 0 Å². The van der Waals surface area contributed by atoms with Crippen molar-refractivity contribution < 1.29 is 14.3 Å². The molecule has 0 radical (unpaired) electrons. The number of carbonyl (C=O) groups excluding carboxylic acids is 2. The maximum atomic E-state index is 12.5. The lowest BCUT2D eigenvalue weighted by molar-refractivity contribution is -0.124. The summed E-state index contributed by atoms with van der Waals surface area (Å²) in [6.45, 7) is 5.05. The van der Waals surface area contributed by atoms with Crippen LogP contribution < -0.4 is 10.1 Å². The Hall–Kier alpha value is -2.53. The van der Waals surface area contributed by atoms with Crippen molar-refractivity contribution in [2.24, 2.45) is 0 Å². The summed E-state index contributed by atoms with van der Waals surface area (Å²) in [5, 5.41) is 3.72. The molecule has 1 fully saturated rings. The number of aryl methyl sites for hydroxylation is 2. The van der Waals surface area contributed by atoms with Crippen molar-refractivity contribution in [2.45, 2.75) is 32.7 Å². The molecule has 2 amide bonds. The van der Waals surface area contributed by atoms with Gasteiger partial charge in [-0.3, -0.25) is 9.59 Å². The maximum Gasteiger partial charge on any atom is 0.258 e. The number of rotatable bonds is 5. The Morgan fingerprint density at radius 1 is 1.11 bits per heavy atom. The average Bonchev–Trinajstić information content (AvgIpc) is 2.71. The summed E-state index contributed by atoms with van der Waals surface area (Å²) in [7, 11) is 0. The fourth-order valence-corrected chi connectivity index (χ4v) is 3.51. The van der Waals surface area contributed by atoms with Gasteiger partial charge < -0.3 is 15.0 Å². The van der Waals surface area contributed by atoms with Gasteiger partial charge in [0, 0.05) is 29.7 Å². The van der Waals surface area contributed by atoms with E-state index in [9.17, 15) is 9.59 Å². The summed E-state index contributed by atoms with van der Waals surface area (Å²) in [5.74, 6) is 0.526. The minimum atomic E-state index is -0.155. The number of likely N-dealkylation sites (tertiary alicyclic amines) is 1. The highest BCUT2D eigenvalue weighted by molar-refractivity contribution is 6.32. The summed E-state index contributed by atoms with van der Waals surface area (Å²) < 4.78 is 5.61. The Bertz CT molecular complexity index is 823. The van der Waals surface area contributed by atoms with E-state index in [0.717, 1.165) is 24.0 Å². The highest BCUT2D eigenvalue weighted by Gasteiger charge is 2.24. The number of halogens is 1. The van der Waals surface area contributed by atoms with E-state index in [2.05, 4.69) is 5.32 Å². The van der Waals surface area contributed by atoms with Crippen LogP contribution in [0.4, 0.5) is 0 Å². The number of benzene rings is 2. The van der Waals surface area contributed by atoms with Gasteiger partial charge in [0.1, 0.15) is 5.75 Å². The van der Waals surface area contributed by atoms with Gasteiger partial charge in [-0.2, -0.15) is 0 Å². The van der Waals surface area contributed by atoms with Gasteiger partial charge in [-0.1, -0.05) is 29.8 Å². The third-order valence-corrected chi connectivity index (χ3v) is 5.54. The Kier molecular flexibility index (Phi) is 6.57. The van der Waals surface area contributed by atoms with Crippen LogP contribution in [0.1, 0.15) is 34.3 Å². The van der Waals surface area contributed by atoms with Crippen LogP contribution in [0.15, 0.2) is 42.5 Å². The molecule has 28 heavy (non-hydrogen) atoms. The monoisotopic (exact) mass is 400 g/mol. The summed E-state index contributed by atoms with van der Waals surface area (Å²) in [5.41, 5.74) is 2.55. The molecule has 0 spiro atoms. The quantitative estimate of drug-likeness (QED) is 0.831. The van der Waals surface area contributed by atoms with Gasteiger partial charge in [-0.05, 0) is 62.1 Å². The molecule has 0 unspecified atom stereocenters. The highest BCUT2D eigenvalue weighted by atomic mass is 35.5. The first-order valence-corrected chi connectivity index (χ1v) is 9.85. The van der Waals surface area contributed by atoms with Crippen LogP contribution in [0.3, 0.4) is 0 Å². The van der Waals surface area contributed by atoms with Crippen molar-refractivity contribution in [1.82, 2.24) is 10.2 Å². The zero-order chi connectivity index (χ0) is 20.1. The van der Waals surface area contributed by atoms with Gasteiger partial charge in [0.2, 0.25) is 0 Å². The van der Waals surface area contributed by atoms with Crippen LogP contribution in [-0.4, -0.2) is 42.5 Å². The average molecular weight is 401 g/mol. The number of amides is 2. The van der Waals surface area contributed by atoms with Crippen molar-refractivity contribution in [2.75, 3.05) is 19.7 Å². The topological polar surface area (TPSA) is 58.6 Å². The SMILES string of the molecule is Cc1cc(OCC(=O)NC2CCN(C(=O)c3ccccc3)CC2)cc(C)c1Cl. The molecule has 1 N–H and O–H groups in total. The number of nitrogens with one attached hydrogen (secondary N) is 1. The van der Waals surface area contributed by atoms with E-state index in [4.69, 9.17) is 16.3 Å². The van der Waals surface area contributed by atoms with Crippen molar-refractivity contribution in [3.05, 3.63) is 64.2 Å². The van der Waals surface area contributed by atoms with Crippen molar-refractivity contribution in [3.63, 3.8) is 0 Å². The Morgan fingerprint density at radius 2 is 1.71 bits per heavy atom. The van der Waals surface area contributed by atoms with Gasteiger partial charge in [0.25, 0.3) is 11.8 Å². The first-order valence-electron chi connectivity index (χ1n) is 9.47. The highest BCUT2D eigenvalue weighted by Crippen LogP contribution is 2.25. The summed E-state index contributed by atoms with van der Waals surface area (Å²) in [6.07, 6.45) is 1.48. The van der Waals surface area contributed by atoms with Crippen LogP contribution in [0.2, 0.25) is 5.02 Å². The predicted octanol–water partition coefficient (Wildman–Crippen LogP) is 3.76. The van der Waals surface area contributed by atoms with E-state index >= 15 is 0 Å². The largest absolute Gasteiger partial charge is 0.484 e. The standard InChI is InChI=1S/C22H25ClN2O3/c1-15-12-19(13-16(2)21(15)23)28-14-20(26)24-18-8-10-25(11-9-18)22(27)17-6-4-3-5-7-17/h3-7,12-13,18H,8-11,14H2,1-2H3,(H,24,26). The van der Waals surface area contributed by atoms with Crippen molar-refractivity contribution in [3.8, 4) is 5.75 Å². The first kappa shape index (κ1) is 20.2. The molecule has 6 heteroatoms. The number of hydrogen-bond acceptors (Lipinski definition) is 3. The first-order chi connectivity index (χ1) is 13.4. The molecule has 1 saturated heterocycles.